The van der Waals surface area contributed by atoms with Crippen molar-refractivity contribution in [3.05, 3.63) is 36.5 Å². The molecule has 2 N–H and O–H groups in total. The van der Waals surface area contributed by atoms with Gasteiger partial charge in [-0.05, 0) is 51.4 Å². The molecule has 0 radical (unpaired) electrons. The third-order valence-corrected chi connectivity index (χ3v) is 17.8. The van der Waals surface area contributed by atoms with Gasteiger partial charge < -0.3 is 28.8 Å². The highest BCUT2D eigenvalue weighted by Crippen LogP contribution is 2.38. The van der Waals surface area contributed by atoms with E-state index in [2.05, 4.69) is 55.6 Å². The van der Waals surface area contributed by atoms with Crippen molar-refractivity contribution in [3.8, 4) is 0 Å². The fourth-order valence-electron chi connectivity index (χ4n) is 11.2. The number of unbranched alkanes of at least 4 members (excludes halogenated alkanes) is 49. The topological polar surface area (TPSA) is 108 Å². The fraction of sp³-hybridized carbons (Fsp3) is 0.904. The minimum atomic E-state index is -4.58. The molecule has 82 heavy (non-hydrogen) atoms. The maximum absolute atomic E-state index is 13.1. The number of quaternary nitrogens is 1. The zero-order valence-electron chi connectivity index (χ0n) is 55.7. The average Bonchev–Trinajstić information content (AvgIpc) is 3.47. The number of likely N-dealkylation sites (N-methyl/N-ethyl adjacent to an activating group) is 1. The summed E-state index contributed by atoms with van der Waals surface area (Å²) in [7, 11) is 1.32. The number of carbonyl (C=O) groups excluding carboxylic acids is 1. The Labute approximate surface area is 512 Å². The Bertz CT molecular complexity index is 1430. The van der Waals surface area contributed by atoms with Crippen LogP contribution in [0.25, 0.3) is 0 Å². The first-order valence-corrected chi connectivity index (χ1v) is 37.8. The van der Waals surface area contributed by atoms with Crippen LogP contribution in [-0.4, -0.2) is 68.5 Å². The lowest BCUT2D eigenvalue weighted by atomic mass is 10.0. The monoisotopic (exact) mass is 1180 g/mol. The molecule has 8 nitrogen and oxygen atoms in total. The maximum Gasteiger partial charge on any atom is 0.268 e. The number of nitrogens with zero attached hydrogens (tertiary/aromatic N) is 1. The van der Waals surface area contributed by atoms with Crippen molar-refractivity contribution in [3.63, 3.8) is 0 Å². The smallest absolute Gasteiger partial charge is 0.268 e. The van der Waals surface area contributed by atoms with Gasteiger partial charge in [0.1, 0.15) is 13.2 Å². The third kappa shape index (κ3) is 66.2. The van der Waals surface area contributed by atoms with Crippen molar-refractivity contribution in [2.45, 2.75) is 386 Å². The summed E-state index contributed by atoms with van der Waals surface area (Å²) in [6.07, 6.45) is 85.1. The third-order valence-electron chi connectivity index (χ3n) is 16.9. The number of amides is 1. The van der Waals surface area contributed by atoms with E-state index in [-0.39, 0.29) is 19.1 Å². The second-order valence-corrected chi connectivity index (χ2v) is 27.7. The van der Waals surface area contributed by atoms with Crippen LogP contribution in [0.3, 0.4) is 0 Å². The first-order valence-electron chi connectivity index (χ1n) is 36.3. The normalized spacial score (nSPS) is 13.8. The summed E-state index contributed by atoms with van der Waals surface area (Å²) in [4.78, 5) is 25.7. The van der Waals surface area contributed by atoms with E-state index in [0.717, 1.165) is 51.4 Å². The van der Waals surface area contributed by atoms with Gasteiger partial charge in [-0.15, -0.1) is 0 Å². The molecule has 9 heteroatoms. The summed E-state index contributed by atoms with van der Waals surface area (Å²) in [5, 5.41) is 14.1. The molecule has 1 amide bonds. The Morgan fingerprint density at radius 1 is 0.427 bits per heavy atom. The Kier molecular flexibility index (Phi) is 63.2. The van der Waals surface area contributed by atoms with Gasteiger partial charge in [-0.1, -0.05) is 352 Å². The lowest BCUT2D eigenvalue weighted by Gasteiger charge is -2.30. The Balaban J connectivity index is 3.99. The second-order valence-electron chi connectivity index (χ2n) is 26.3. The molecule has 0 bridgehead atoms. The van der Waals surface area contributed by atoms with Gasteiger partial charge in [-0.25, -0.2) is 0 Å². The highest BCUT2D eigenvalue weighted by Gasteiger charge is 2.24. The summed E-state index contributed by atoms with van der Waals surface area (Å²) in [6.45, 7) is 4.77. The molecular formula is C73H143N2O6P. The molecule has 0 saturated heterocycles. The summed E-state index contributed by atoms with van der Waals surface area (Å²) in [5.41, 5.74) is 0. The highest BCUT2D eigenvalue weighted by molar-refractivity contribution is 7.45. The van der Waals surface area contributed by atoms with Crippen LogP contribution in [0.5, 0.6) is 0 Å². The zero-order valence-corrected chi connectivity index (χ0v) is 56.6. The minimum Gasteiger partial charge on any atom is -0.756 e. The van der Waals surface area contributed by atoms with E-state index >= 15 is 0 Å². The Morgan fingerprint density at radius 2 is 0.707 bits per heavy atom. The minimum absolute atomic E-state index is 0.0142. The largest absolute Gasteiger partial charge is 0.756 e. The molecule has 0 heterocycles. The maximum atomic E-state index is 13.1. The molecule has 0 fully saturated rings. The number of rotatable bonds is 68. The number of hydrogen-bond donors (Lipinski definition) is 2. The molecule has 3 unspecified atom stereocenters. The lowest BCUT2D eigenvalue weighted by Crippen LogP contribution is -2.46. The predicted molar refractivity (Wildman–Crippen MR) is 358 cm³/mol. The summed E-state index contributed by atoms with van der Waals surface area (Å²) < 4.78 is 23.6. The second kappa shape index (κ2) is 64.2. The molecule has 0 saturated carbocycles. The highest BCUT2D eigenvalue weighted by atomic mass is 31.2. The van der Waals surface area contributed by atoms with E-state index in [1.807, 2.05) is 21.1 Å². The molecule has 0 aliphatic rings. The lowest BCUT2D eigenvalue weighted by molar-refractivity contribution is -0.870. The molecule has 0 aliphatic carbocycles. The molecular weight excluding hydrogens is 1030 g/mol. The SMILES string of the molecule is CCCCCCC/C=C\C/C=C\C/C=C\CCCCCCCCCCCCCCCCCCCCC(=O)NC(COP(=O)([O-])OCC[N+](C)(C)C)C(O)CCCCCCCCCCCCCCCCCCCCCCCCCCCCC. The summed E-state index contributed by atoms with van der Waals surface area (Å²) in [6, 6.07) is -0.801. The van der Waals surface area contributed by atoms with Gasteiger partial charge in [0.05, 0.1) is 39.9 Å². The van der Waals surface area contributed by atoms with Crippen LogP contribution in [0.1, 0.15) is 373 Å². The van der Waals surface area contributed by atoms with Crippen molar-refractivity contribution in [1.82, 2.24) is 5.32 Å². The van der Waals surface area contributed by atoms with Gasteiger partial charge in [-0.3, -0.25) is 9.36 Å². The number of phosphoric acid groups is 1. The van der Waals surface area contributed by atoms with Gasteiger partial charge in [0.25, 0.3) is 7.82 Å². The van der Waals surface area contributed by atoms with E-state index in [9.17, 15) is 19.4 Å². The van der Waals surface area contributed by atoms with Crippen molar-refractivity contribution in [2.75, 3.05) is 40.9 Å². The molecule has 0 aromatic rings. The van der Waals surface area contributed by atoms with Gasteiger partial charge in [0, 0.05) is 6.42 Å². The van der Waals surface area contributed by atoms with Crippen LogP contribution < -0.4 is 10.2 Å². The first-order chi connectivity index (χ1) is 40.0. The quantitative estimate of drug-likeness (QED) is 0.0272. The van der Waals surface area contributed by atoms with Crippen LogP contribution in [0.2, 0.25) is 0 Å². The number of hydrogen-bond acceptors (Lipinski definition) is 6. The van der Waals surface area contributed by atoms with Crippen LogP contribution >= 0.6 is 7.82 Å². The van der Waals surface area contributed by atoms with Gasteiger partial charge in [-0.2, -0.15) is 0 Å². The number of nitrogens with one attached hydrogen (secondary N) is 1. The first kappa shape index (κ1) is 80.7. The van der Waals surface area contributed by atoms with Crippen LogP contribution in [-0.2, 0) is 18.4 Å². The standard InChI is InChI=1S/C73H143N2O6P/c1-6-8-10-12-14-16-18-20-22-24-26-28-30-32-34-35-36-37-38-39-41-43-45-47-49-51-53-55-57-59-61-63-65-67-73(77)74-71(70-81-82(78,79)80-69-68-75(3,4)5)72(76)66-64-62-60-58-56-54-52-50-48-46-44-42-40-33-31-29-27-25-23-21-19-17-15-13-11-9-7-2/h18,20,24,26,30,32,71-72,76H,6-17,19,21-23,25,27-29,31,33-70H2,1-5H3,(H-,74,77,78,79)/b20-18-,26-24-,32-30-. The van der Waals surface area contributed by atoms with Crippen molar-refractivity contribution < 1.29 is 32.9 Å². The van der Waals surface area contributed by atoms with Crippen molar-refractivity contribution in [2.24, 2.45) is 0 Å². The summed E-state index contributed by atoms with van der Waals surface area (Å²) >= 11 is 0. The predicted octanol–water partition coefficient (Wildman–Crippen LogP) is 22.6. The number of phosphoric ester groups is 1. The van der Waals surface area contributed by atoms with Gasteiger partial charge >= 0.3 is 0 Å². The number of carbonyl (C=O) groups is 1. The Morgan fingerprint density at radius 3 is 1.02 bits per heavy atom. The van der Waals surface area contributed by atoms with E-state index in [0.29, 0.717) is 23.9 Å². The molecule has 3 atom stereocenters. The van der Waals surface area contributed by atoms with Crippen LogP contribution in [0.4, 0.5) is 0 Å². The molecule has 0 aliphatic heterocycles. The number of aliphatic hydroxyl groups excluding tert-OH is 1. The van der Waals surface area contributed by atoms with Crippen molar-refractivity contribution >= 4 is 13.7 Å². The molecule has 0 aromatic carbocycles. The van der Waals surface area contributed by atoms with Crippen molar-refractivity contribution in [1.29, 1.82) is 0 Å². The van der Waals surface area contributed by atoms with E-state index in [4.69, 9.17) is 9.05 Å². The Hall–Kier alpha value is -1.28. The average molecular weight is 1180 g/mol. The molecule has 0 rings (SSSR count). The number of allylic oxidation sites excluding steroid dienone is 6. The number of aliphatic hydroxyl groups is 1. The molecule has 0 aromatic heterocycles. The summed E-state index contributed by atoms with van der Waals surface area (Å²) in [5.74, 6) is -0.157. The molecule has 0 spiro atoms. The molecule has 486 valence electrons. The van der Waals surface area contributed by atoms with Gasteiger partial charge in [0.15, 0.2) is 0 Å². The van der Waals surface area contributed by atoms with Gasteiger partial charge in [0.2, 0.25) is 5.91 Å². The fourth-order valence-corrected chi connectivity index (χ4v) is 12.0. The van der Waals surface area contributed by atoms with E-state index in [1.54, 1.807) is 0 Å². The van der Waals surface area contributed by atoms with E-state index < -0.39 is 20.0 Å². The van der Waals surface area contributed by atoms with Crippen LogP contribution in [0.15, 0.2) is 36.5 Å². The van der Waals surface area contributed by atoms with Crippen LogP contribution in [0, 0.1) is 0 Å². The van der Waals surface area contributed by atoms with E-state index in [1.165, 1.54) is 295 Å². The zero-order chi connectivity index (χ0) is 59.8.